The van der Waals surface area contributed by atoms with Crippen molar-refractivity contribution < 1.29 is 9.47 Å². The summed E-state index contributed by atoms with van der Waals surface area (Å²) < 4.78 is 11.9. The normalized spacial score (nSPS) is 14.1. The van der Waals surface area contributed by atoms with E-state index in [0.717, 1.165) is 29.9 Å². The van der Waals surface area contributed by atoms with Crippen LogP contribution >= 0.6 is 11.3 Å². The molecular formula is C19H24N6O2S. The van der Waals surface area contributed by atoms with Crippen molar-refractivity contribution in [2.24, 2.45) is 9.98 Å². The van der Waals surface area contributed by atoms with Crippen LogP contribution in [0, 0.1) is 5.41 Å². The molecule has 0 spiro atoms. The van der Waals surface area contributed by atoms with Crippen LogP contribution in [0.4, 0.5) is 0 Å². The first-order chi connectivity index (χ1) is 13.7. The molecule has 0 aliphatic carbocycles. The molecule has 2 aromatic heterocycles. The summed E-state index contributed by atoms with van der Waals surface area (Å²) in [7, 11) is 1.70. The van der Waals surface area contributed by atoms with Gasteiger partial charge in [-0.1, -0.05) is 13.0 Å². The van der Waals surface area contributed by atoms with Gasteiger partial charge in [-0.05, 0) is 12.6 Å². The van der Waals surface area contributed by atoms with Crippen LogP contribution in [0.1, 0.15) is 18.4 Å². The van der Waals surface area contributed by atoms with Crippen LogP contribution in [-0.4, -0.2) is 72.8 Å². The number of thiazole rings is 1. The van der Waals surface area contributed by atoms with E-state index in [1.807, 2.05) is 12.1 Å². The van der Waals surface area contributed by atoms with E-state index in [-0.39, 0.29) is 11.7 Å². The van der Waals surface area contributed by atoms with Gasteiger partial charge in [-0.3, -0.25) is 15.3 Å². The molecule has 0 unspecified atom stereocenters. The van der Waals surface area contributed by atoms with Gasteiger partial charge in [0.25, 0.3) is 0 Å². The lowest BCUT2D eigenvalue weighted by molar-refractivity contribution is 0.136. The monoisotopic (exact) mass is 400 g/mol. The highest BCUT2D eigenvalue weighted by atomic mass is 32.1. The van der Waals surface area contributed by atoms with Gasteiger partial charge in [0.2, 0.25) is 0 Å². The standard InChI is InChI=1S/C19H24N6O2S/c1-3-25(9-11-26-2)10-12-27-19-22-7-4-5-14(24-19)17(20)18-23-15-13-21-8-6-16(15)28-18/h5-8,13,20H,3-4,9-12H2,1-2H3. The predicted molar refractivity (Wildman–Crippen MR) is 113 cm³/mol. The fraction of sp³-hybridized carbons (Fsp3) is 0.421. The van der Waals surface area contributed by atoms with Crippen molar-refractivity contribution in [2.75, 3.05) is 40.0 Å². The van der Waals surface area contributed by atoms with Crippen LogP contribution in [0.2, 0.25) is 0 Å². The quantitative estimate of drug-likeness (QED) is 0.653. The molecule has 0 aromatic carbocycles. The Hall–Kier alpha value is -2.49. The van der Waals surface area contributed by atoms with E-state index in [1.54, 1.807) is 25.7 Å². The van der Waals surface area contributed by atoms with E-state index >= 15 is 0 Å². The van der Waals surface area contributed by atoms with Crippen LogP contribution in [-0.2, 0) is 9.47 Å². The maximum Gasteiger partial charge on any atom is 0.316 e. The molecule has 28 heavy (non-hydrogen) atoms. The third-order valence-corrected chi connectivity index (χ3v) is 5.25. The molecule has 0 atom stereocenters. The molecule has 0 bridgehead atoms. The van der Waals surface area contributed by atoms with Crippen LogP contribution in [0.15, 0.2) is 40.2 Å². The number of hydrogen-bond donors (Lipinski definition) is 1. The molecule has 0 fully saturated rings. The predicted octanol–water partition coefficient (Wildman–Crippen LogP) is 2.76. The van der Waals surface area contributed by atoms with Crippen LogP contribution < -0.4 is 0 Å². The van der Waals surface area contributed by atoms with Gasteiger partial charge in [0.1, 0.15) is 22.8 Å². The Balaban J connectivity index is 1.65. The van der Waals surface area contributed by atoms with Crippen LogP contribution in [0.25, 0.3) is 10.2 Å². The second-order valence-corrected chi connectivity index (χ2v) is 7.07. The maximum atomic E-state index is 8.51. The zero-order chi connectivity index (χ0) is 19.8. The summed E-state index contributed by atoms with van der Waals surface area (Å²) in [5.41, 5.74) is 1.57. The molecular weight excluding hydrogens is 376 g/mol. The Morgan fingerprint density at radius 3 is 2.96 bits per heavy atom. The highest BCUT2D eigenvalue weighted by molar-refractivity contribution is 7.20. The molecule has 148 valence electrons. The number of methoxy groups -OCH3 is 1. The first kappa shape index (κ1) is 20.2. The van der Waals surface area contributed by atoms with Gasteiger partial charge in [-0.15, -0.1) is 11.3 Å². The van der Waals surface area contributed by atoms with Gasteiger partial charge in [0, 0.05) is 39.0 Å². The molecule has 0 radical (unpaired) electrons. The topological polar surface area (TPSA) is 96.1 Å². The number of amidine groups is 1. The molecule has 3 rings (SSSR count). The third-order valence-electron chi connectivity index (χ3n) is 4.19. The molecule has 2 aromatic rings. The number of hydrogen-bond acceptors (Lipinski definition) is 9. The van der Waals surface area contributed by atoms with E-state index < -0.39 is 0 Å². The van der Waals surface area contributed by atoms with Gasteiger partial charge in [-0.25, -0.2) is 9.98 Å². The van der Waals surface area contributed by atoms with Crippen molar-refractivity contribution >= 4 is 39.5 Å². The first-order valence-corrected chi connectivity index (χ1v) is 9.98. The molecule has 3 heterocycles. The van der Waals surface area contributed by atoms with Gasteiger partial charge < -0.3 is 9.47 Å². The van der Waals surface area contributed by atoms with E-state index in [1.165, 1.54) is 11.3 Å². The number of nitrogens with one attached hydrogen (secondary N) is 1. The van der Waals surface area contributed by atoms with E-state index in [9.17, 15) is 0 Å². The van der Waals surface area contributed by atoms with Crippen molar-refractivity contribution in [1.82, 2.24) is 14.9 Å². The summed E-state index contributed by atoms with van der Waals surface area (Å²) >= 11 is 1.45. The van der Waals surface area contributed by atoms with Crippen molar-refractivity contribution in [3.8, 4) is 0 Å². The van der Waals surface area contributed by atoms with Gasteiger partial charge in [0.05, 0.1) is 23.2 Å². The average molecular weight is 401 g/mol. The number of likely N-dealkylation sites (N-methyl/N-ethyl adjacent to an activating group) is 1. The number of pyridine rings is 1. The summed E-state index contributed by atoms with van der Waals surface area (Å²) in [6, 6.07) is 2.17. The molecule has 0 saturated heterocycles. The minimum atomic E-state index is 0.267. The SMILES string of the molecule is CCN(CCOC)CCOC1=NC(C(=N)c2nc3cnccc3s2)=CCC=N1. The lowest BCUT2D eigenvalue weighted by Crippen LogP contribution is -2.31. The fourth-order valence-electron chi connectivity index (χ4n) is 2.61. The molecule has 9 heteroatoms. The largest absolute Gasteiger partial charge is 0.462 e. The second-order valence-electron chi connectivity index (χ2n) is 6.04. The molecule has 1 N–H and O–H groups in total. The minimum absolute atomic E-state index is 0.267. The summed E-state index contributed by atoms with van der Waals surface area (Å²) in [4.78, 5) is 19.5. The number of aromatic nitrogens is 2. The third kappa shape index (κ3) is 5.28. The second kappa shape index (κ2) is 10.2. The zero-order valence-electron chi connectivity index (χ0n) is 16.1. The smallest absolute Gasteiger partial charge is 0.316 e. The van der Waals surface area contributed by atoms with Crippen LogP contribution in [0.3, 0.4) is 0 Å². The first-order valence-electron chi connectivity index (χ1n) is 9.16. The zero-order valence-corrected chi connectivity index (χ0v) is 16.9. The summed E-state index contributed by atoms with van der Waals surface area (Å²) in [5, 5.41) is 9.12. The molecule has 1 aliphatic rings. The van der Waals surface area contributed by atoms with Gasteiger partial charge in [0.15, 0.2) is 0 Å². The van der Waals surface area contributed by atoms with Crippen molar-refractivity contribution in [1.29, 1.82) is 5.41 Å². The fourth-order valence-corrected chi connectivity index (χ4v) is 3.50. The number of fused-ring (bicyclic) bond motifs is 1. The summed E-state index contributed by atoms with van der Waals surface area (Å²) in [6.45, 7) is 5.80. The number of rotatable bonds is 9. The summed E-state index contributed by atoms with van der Waals surface area (Å²) in [6.07, 6.45) is 7.62. The Kier molecular flexibility index (Phi) is 7.35. The maximum absolute atomic E-state index is 8.51. The van der Waals surface area contributed by atoms with Crippen molar-refractivity contribution in [3.63, 3.8) is 0 Å². The highest BCUT2D eigenvalue weighted by Crippen LogP contribution is 2.23. The van der Waals surface area contributed by atoms with E-state index in [4.69, 9.17) is 14.9 Å². The Morgan fingerprint density at radius 1 is 1.32 bits per heavy atom. The number of allylic oxidation sites excluding steroid dienone is 2. The van der Waals surface area contributed by atoms with Gasteiger partial charge in [-0.2, -0.15) is 4.99 Å². The van der Waals surface area contributed by atoms with E-state index in [2.05, 4.69) is 31.8 Å². The number of aliphatic imine (C=N–C) groups is 2. The lowest BCUT2D eigenvalue weighted by atomic mass is 10.2. The Labute approximate surface area is 168 Å². The molecule has 1 aliphatic heterocycles. The number of nitrogens with zero attached hydrogens (tertiary/aromatic N) is 5. The molecule has 0 amide bonds. The Bertz CT molecular complexity index is 872. The Morgan fingerprint density at radius 2 is 2.18 bits per heavy atom. The minimum Gasteiger partial charge on any atom is -0.462 e. The molecule has 0 saturated carbocycles. The lowest BCUT2D eigenvalue weighted by Gasteiger charge is -2.19. The molecule has 8 nitrogen and oxygen atoms in total. The van der Waals surface area contributed by atoms with Crippen molar-refractivity contribution in [2.45, 2.75) is 13.3 Å². The highest BCUT2D eigenvalue weighted by Gasteiger charge is 2.15. The average Bonchev–Trinajstić information content (AvgIpc) is 3.02. The van der Waals surface area contributed by atoms with Crippen LogP contribution in [0.5, 0.6) is 0 Å². The van der Waals surface area contributed by atoms with Crippen molar-refractivity contribution in [3.05, 3.63) is 35.2 Å². The van der Waals surface area contributed by atoms with E-state index in [0.29, 0.717) is 30.3 Å². The van der Waals surface area contributed by atoms with Gasteiger partial charge >= 0.3 is 6.02 Å². The number of ether oxygens (including phenoxy) is 2. The summed E-state index contributed by atoms with van der Waals surface area (Å²) in [5.74, 6) is 0.